The monoisotopic (exact) mass is 315 g/mol. The average Bonchev–Trinajstić information content (AvgIpc) is 2.84. The van der Waals surface area contributed by atoms with Gasteiger partial charge in [-0.15, -0.1) is 0 Å². The van der Waals surface area contributed by atoms with Crippen molar-refractivity contribution >= 4 is 28.2 Å². The zero-order valence-electron chi connectivity index (χ0n) is 13.2. The van der Waals surface area contributed by atoms with Gasteiger partial charge < -0.3 is 15.6 Å². The SMILES string of the molecule is Cc1[nH]c2ccccc2c1CCNC(=S)NC1CCCCC1. The predicted octanol–water partition coefficient (Wildman–Crippen LogP) is 3.82. The van der Waals surface area contributed by atoms with Crippen LogP contribution in [0.4, 0.5) is 0 Å². The topological polar surface area (TPSA) is 39.9 Å². The van der Waals surface area contributed by atoms with Crippen LogP contribution in [-0.4, -0.2) is 22.7 Å². The lowest BCUT2D eigenvalue weighted by Gasteiger charge is -2.24. The summed E-state index contributed by atoms with van der Waals surface area (Å²) in [5.74, 6) is 0. The molecule has 3 rings (SSSR count). The molecule has 1 saturated carbocycles. The van der Waals surface area contributed by atoms with Gasteiger partial charge in [0.15, 0.2) is 5.11 Å². The molecule has 0 atom stereocenters. The number of para-hydroxylation sites is 1. The highest BCUT2D eigenvalue weighted by Gasteiger charge is 2.14. The zero-order valence-corrected chi connectivity index (χ0v) is 14.1. The summed E-state index contributed by atoms with van der Waals surface area (Å²) in [6.07, 6.45) is 7.52. The molecule has 118 valence electrons. The van der Waals surface area contributed by atoms with Gasteiger partial charge in [-0.2, -0.15) is 0 Å². The highest BCUT2D eigenvalue weighted by molar-refractivity contribution is 7.80. The van der Waals surface area contributed by atoms with Crippen LogP contribution in [-0.2, 0) is 6.42 Å². The number of fused-ring (bicyclic) bond motifs is 1. The van der Waals surface area contributed by atoms with Gasteiger partial charge in [0.05, 0.1) is 0 Å². The predicted molar refractivity (Wildman–Crippen MR) is 97.3 cm³/mol. The summed E-state index contributed by atoms with van der Waals surface area (Å²) in [6, 6.07) is 9.07. The third-order valence-electron chi connectivity index (χ3n) is 4.63. The molecule has 1 fully saturated rings. The van der Waals surface area contributed by atoms with Gasteiger partial charge in [-0.25, -0.2) is 0 Å². The Balaban J connectivity index is 1.51. The minimum absolute atomic E-state index is 0.573. The molecule has 1 aliphatic rings. The van der Waals surface area contributed by atoms with Crippen molar-refractivity contribution in [1.29, 1.82) is 0 Å². The Hall–Kier alpha value is -1.55. The first-order valence-electron chi connectivity index (χ1n) is 8.34. The van der Waals surface area contributed by atoms with E-state index >= 15 is 0 Å². The van der Waals surface area contributed by atoms with Crippen molar-refractivity contribution in [2.24, 2.45) is 0 Å². The summed E-state index contributed by atoms with van der Waals surface area (Å²) >= 11 is 5.43. The largest absolute Gasteiger partial charge is 0.362 e. The Labute approximate surface area is 137 Å². The summed E-state index contributed by atoms with van der Waals surface area (Å²) < 4.78 is 0. The third kappa shape index (κ3) is 3.61. The van der Waals surface area contributed by atoms with Gasteiger partial charge >= 0.3 is 0 Å². The smallest absolute Gasteiger partial charge is 0.166 e. The van der Waals surface area contributed by atoms with Gasteiger partial charge in [-0.1, -0.05) is 37.5 Å². The number of hydrogen-bond acceptors (Lipinski definition) is 1. The fourth-order valence-corrected chi connectivity index (χ4v) is 3.71. The quantitative estimate of drug-likeness (QED) is 0.751. The minimum atomic E-state index is 0.573. The summed E-state index contributed by atoms with van der Waals surface area (Å²) in [5, 5.41) is 8.97. The molecule has 0 amide bonds. The Bertz CT molecular complexity index is 641. The van der Waals surface area contributed by atoms with Crippen molar-refractivity contribution in [3.05, 3.63) is 35.5 Å². The molecule has 0 saturated heterocycles. The Morgan fingerprint density at radius 2 is 2.00 bits per heavy atom. The van der Waals surface area contributed by atoms with Crippen LogP contribution in [0.2, 0.25) is 0 Å². The van der Waals surface area contributed by atoms with Crippen LogP contribution in [0.25, 0.3) is 10.9 Å². The highest BCUT2D eigenvalue weighted by Crippen LogP contribution is 2.22. The lowest BCUT2D eigenvalue weighted by atomic mass is 9.96. The Morgan fingerprint density at radius 1 is 1.23 bits per heavy atom. The molecule has 0 unspecified atom stereocenters. The molecule has 2 aromatic rings. The van der Waals surface area contributed by atoms with E-state index in [-0.39, 0.29) is 0 Å². The van der Waals surface area contributed by atoms with E-state index in [1.54, 1.807) is 0 Å². The molecule has 1 aromatic heterocycles. The van der Waals surface area contributed by atoms with Crippen molar-refractivity contribution < 1.29 is 0 Å². The van der Waals surface area contributed by atoms with E-state index in [1.807, 2.05) is 0 Å². The summed E-state index contributed by atoms with van der Waals surface area (Å²) in [4.78, 5) is 3.45. The Kier molecular flexibility index (Phi) is 4.98. The van der Waals surface area contributed by atoms with Crippen LogP contribution < -0.4 is 10.6 Å². The van der Waals surface area contributed by atoms with Crippen LogP contribution >= 0.6 is 12.2 Å². The summed E-state index contributed by atoms with van der Waals surface area (Å²) in [6.45, 7) is 3.02. The number of aromatic nitrogens is 1. The van der Waals surface area contributed by atoms with Crippen LogP contribution in [0.15, 0.2) is 24.3 Å². The molecule has 0 spiro atoms. The number of aryl methyl sites for hydroxylation is 1. The molecule has 0 radical (unpaired) electrons. The van der Waals surface area contributed by atoms with E-state index < -0.39 is 0 Å². The minimum Gasteiger partial charge on any atom is -0.362 e. The van der Waals surface area contributed by atoms with E-state index in [1.165, 1.54) is 54.3 Å². The fourth-order valence-electron chi connectivity index (χ4n) is 3.44. The maximum Gasteiger partial charge on any atom is 0.166 e. The van der Waals surface area contributed by atoms with E-state index in [0.29, 0.717) is 6.04 Å². The van der Waals surface area contributed by atoms with Crippen molar-refractivity contribution in [2.75, 3.05) is 6.54 Å². The lowest BCUT2D eigenvalue weighted by molar-refractivity contribution is 0.412. The number of benzene rings is 1. The van der Waals surface area contributed by atoms with E-state index in [9.17, 15) is 0 Å². The molecule has 4 heteroatoms. The number of rotatable bonds is 4. The normalized spacial score (nSPS) is 15.9. The van der Waals surface area contributed by atoms with Gasteiger partial charge in [-0.05, 0) is 50.0 Å². The van der Waals surface area contributed by atoms with E-state index in [4.69, 9.17) is 12.2 Å². The third-order valence-corrected chi connectivity index (χ3v) is 4.89. The maximum atomic E-state index is 5.43. The molecular formula is C18H25N3S. The van der Waals surface area contributed by atoms with Crippen molar-refractivity contribution in [2.45, 2.75) is 51.5 Å². The van der Waals surface area contributed by atoms with Crippen LogP contribution in [0.1, 0.15) is 43.4 Å². The van der Waals surface area contributed by atoms with Crippen molar-refractivity contribution in [3.63, 3.8) is 0 Å². The van der Waals surface area contributed by atoms with E-state index in [2.05, 4.69) is 46.8 Å². The lowest BCUT2D eigenvalue weighted by Crippen LogP contribution is -2.43. The second-order valence-electron chi connectivity index (χ2n) is 6.26. The second-order valence-corrected chi connectivity index (χ2v) is 6.67. The summed E-state index contributed by atoms with van der Waals surface area (Å²) in [7, 11) is 0. The zero-order chi connectivity index (χ0) is 15.4. The molecule has 0 aliphatic heterocycles. The first-order valence-corrected chi connectivity index (χ1v) is 8.75. The standard InChI is InChI=1S/C18H25N3S/c1-13-15(16-9-5-6-10-17(16)20-13)11-12-19-18(22)21-14-7-3-2-4-8-14/h5-6,9-10,14,20H,2-4,7-8,11-12H2,1H3,(H2,19,21,22). The molecular weight excluding hydrogens is 290 g/mol. The van der Waals surface area contributed by atoms with Gasteiger partial charge in [0.2, 0.25) is 0 Å². The van der Waals surface area contributed by atoms with Gasteiger partial charge in [-0.3, -0.25) is 0 Å². The Morgan fingerprint density at radius 3 is 2.82 bits per heavy atom. The van der Waals surface area contributed by atoms with Gasteiger partial charge in [0, 0.05) is 29.2 Å². The van der Waals surface area contributed by atoms with Crippen LogP contribution in [0.3, 0.4) is 0 Å². The van der Waals surface area contributed by atoms with Crippen molar-refractivity contribution in [3.8, 4) is 0 Å². The second kappa shape index (κ2) is 7.14. The van der Waals surface area contributed by atoms with Gasteiger partial charge in [0.25, 0.3) is 0 Å². The number of nitrogens with one attached hydrogen (secondary N) is 3. The fraction of sp³-hybridized carbons (Fsp3) is 0.500. The first kappa shape index (κ1) is 15.3. The van der Waals surface area contributed by atoms with Crippen LogP contribution in [0.5, 0.6) is 0 Å². The highest BCUT2D eigenvalue weighted by atomic mass is 32.1. The molecule has 3 N–H and O–H groups in total. The van der Waals surface area contributed by atoms with E-state index in [0.717, 1.165) is 18.1 Å². The first-order chi connectivity index (χ1) is 10.7. The molecule has 3 nitrogen and oxygen atoms in total. The number of aromatic amines is 1. The number of H-pyrrole nitrogens is 1. The molecule has 22 heavy (non-hydrogen) atoms. The molecule has 1 heterocycles. The van der Waals surface area contributed by atoms with Gasteiger partial charge in [0.1, 0.15) is 0 Å². The summed E-state index contributed by atoms with van der Waals surface area (Å²) in [5.41, 5.74) is 3.87. The number of hydrogen-bond donors (Lipinski definition) is 3. The van der Waals surface area contributed by atoms with Crippen molar-refractivity contribution in [1.82, 2.24) is 15.6 Å². The average molecular weight is 315 g/mol. The maximum absolute atomic E-state index is 5.43. The van der Waals surface area contributed by atoms with Crippen LogP contribution in [0, 0.1) is 6.92 Å². The molecule has 1 aromatic carbocycles. The number of thiocarbonyl (C=S) groups is 1. The molecule has 0 bridgehead atoms. The molecule has 1 aliphatic carbocycles.